The van der Waals surface area contributed by atoms with Crippen molar-refractivity contribution < 1.29 is 4.74 Å². The van der Waals surface area contributed by atoms with Crippen LogP contribution in [0.2, 0.25) is 0 Å². The number of fused-ring (bicyclic) bond motifs is 3. The van der Waals surface area contributed by atoms with Gasteiger partial charge in [0, 0.05) is 37.6 Å². The second-order valence-electron chi connectivity index (χ2n) is 7.72. The number of benzene rings is 1. The Hall–Kier alpha value is -2.75. The molecule has 4 aromatic rings. The number of hydrogen-bond acceptors (Lipinski definition) is 7. The van der Waals surface area contributed by atoms with Crippen LogP contribution in [0.5, 0.6) is 5.75 Å². The highest BCUT2D eigenvalue weighted by molar-refractivity contribution is 7.18. The van der Waals surface area contributed by atoms with Crippen LogP contribution in [0.4, 0.5) is 0 Å². The first-order valence-corrected chi connectivity index (χ1v) is 10.8. The van der Waals surface area contributed by atoms with Gasteiger partial charge in [0.1, 0.15) is 16.9 Å². The standard InChI is InChI=1S/C21H24N6O2S.CH4/c1-24-7-9-25(10-8-24)13-17-11-18-19-22-14-23-27(19)21(28)26(20(18)30-17)12-15-3-5-16(29-2)6-4-15;/h3-6,11,14H,7-10,12-13H2,1-2H3;1H4. The highest BCUT2D eigenvalue weighted by atomic mass is 32.1. The van der Waals surface area contributed by atoms with Gasteiger partial charge < -0.3 is 9.64 Å². The molecule has 0 atom stereocenters. The van der Waals surface area contributed by atoms with Gasteiger partial charge in [0.25, 0.3) is 0 Å². The van der Waals surface area contributed by atoms with E-state index in [1.807, 2.05) is 24.3 Å². The summed E-state index contributed by atoms with van der Waals surface area (Å²) in [5.74, 6) is 0.800. The van der Waals surface area contributed by atoms with Gasteiger partial charge in [-0.15, -0.1) is 11.3 Å². The van der Waals surface area contributed by atoms with Crippen molar-refractivity contribution in [3.63, 3.8) is 0 Å². The minimum atomic E-state index is -0.168. The van der Waals surface area contributed by atoms with E-state index in [1.54, 1.807) is 23.0 Å². The highest BCUT2D eigenvalue weighted by Gasteiger charge is 2.19. The van der Waals surface area contributed by atoms with Crippen LogP contribution < -0.4 is 10.4 Å². The van der Waals surface area contributed by atoms with E-state index in [0.717, 1.165) is 54.3 Å². The number of methoxy groups -OCH3 is 1. The average Bonchev–Trinajstić information content (AvgIpc) is 3.40. The Morgan fingerprint density at radius 2 is 1.84 bits per heavy atom. The molecule has 9 heteroatoms. The molecule has 1 fully saturated rings. The monoisotopic (exact) mass is 440 g/mol. The summed E-state index contributed by atoms with van der Waals surface area (Å²) < 4.78 is 8.45. The first-order chi connectivity index (χ1) is 14.6. The molecule has 0 radical (unpaired) electrons. The third-order valence-electron chi connectivity index (χ3n) is 5.68. The summed E-state index contributed by atoms with van der Waals surface area (Å²) in [4.78, 5) is 24.5. The molecule has 1 saturated heterocycles. The van der Waals surface area contributed by atoms with Crippen molar-refractivity contribution in [1.29, 1.82) is 0 Å². The Balaban J connectivity index is 0.00000231. The molecule has 0 amide bonds. The summed E-state index contributed by atoms with van der Waals surface area (Å²) in [6.45, 7) is 5.66. The molecule has 3 aromatic heterocycles. The molecule has 0 spiro atoms. The molecule has 4 heterocycles. The second-order valence-corrected chi connectivity index (χ2v) is 8.84. The maximum Gasteiger partial charge on any atom is 0.352 e. The van der Waals surface area contributed by atoms with Crippen LogP contribution in [0.3, 0.4) is 0 Å². The third kappa shape index (κ3) is 4.08. The Labute approximate surface area is 185 Å². The van der Waals surface area contributed by atoms with Crippen molar-refractivity contribution >= 4 is 27.2 Å². The van der Waals surface area contributed by atoms with E-state index in [0.29, 0.717) is 12.2 Å². The molecule has 8 nitrogen and oxygen atoms in total. The van der Waals surface area contributed by atoms with E-state index >= 15 is 0 Å². The lowest BCUT2D eigenvalue weighted by molar-refractivity contribution is 0.149. The van der Waals surface area contributed by atoms with Crippen LogP contribution in [-0.2, 0) is 13.1 Å². The van der Waals surface area contributed by atoms with Gasteiger partial charge in [-0.1, -0.05) is 19.6 Å². The van der Waals surface area contributed by atoms with Crippen LogP contribution in [0.15, 0.2) is 41.5 Å². The Morgan fingerprint density at radius 3 is 2.55 bits per heavy atom. The zero-order chi connectivity index (χ0) is 20.7. The molecule has 0 N–H and O–H groups in total. The fraction of sp³-hybridized carbons (Fsp3) is 0.409. The quantitative estimate of drug-likeness (QED) is 0.475. The highest BCUT2D eigenvalue weighted by Crippen LogP contribution is 2.29. The molecule has 1 aliphatic heterocycles. The first kappa shape index (κ1) is 21.5. The van der Waals surface area contributed by atoms with Crippen molar-refractivity contribution in [3.8, 4) is 5.75 Å². The lowest BCUT2D eigenvalue weighted by Crippen LogP contribution is -2.43. The van der Waals surface area contributed by atoms with Gasteiger partial charge in [0.05, 0.1) is 19.0 Å². The Bertz CT molecular complexity index is 1230. The normalized spacial score (nSPS) is 15.4. The third-order valence-corrected chi connectivity index (χ3v) is 6.83. The lowest BCUT2D eigenvalue weighted by atomic mass is 10.2. The van der Waals surface area contributed by atoms with Crippen LogP contribution in [0, 0.1) is 0 Å². The van der Waals surface area contributed by atoms with E-state index in [9.17, 15) is 4.79 Å². The number of hydrogen-bond donors (Lipinski definition) is 0. The summed E-state index contributed by atoms with van der Waals surface area (Å²) in [6.07, 6.45) is 1.45. The summed E-state index contributed by atoms with van der Waals surface area (Å²) >= 11 is 1.68. The van der Waals surface area contributed by atoms with Crippen molar-refractivity contribution in [2.24, 2.45) is 0 Å². The number of aromatic nitrogens is 4. The Morgan fingerprint density at radius 1 is 1.10 bits per heavy atom. The molecule has 0 unspecified atom stereocenters. The van der Waals surface area contributed by atoms with Gasteiger partial charge in [-0.2, -0.15) is 9.61 Å². The molecular weight excluding hydrogens is 412 g/mol. The van der Waals surface area contributed by atoms with Crippen molar-refractivity contribution in [2.45, 2.75) is 20.5 Å². The lowest BCUT2D eigenvalue weighted by Gasteiger charge is -2.31. The summed E-state index contributed by atoms with van der Waals surface area (Å²) in [5.41, 5.74) is 1.49. The van der Waals surface area contributed by atoms with E-state index in [-0.39, 0.29) is 13.1 Å². The topological polar surface area (TPSA) is 67.9 Å². The first-order valence-electron chi connectivity index (χ1n) is 10.0. The second kappa shape index (κ2) is 8.78. The van der Waals surface area contributed by atoms with Gasteiger partial charge in [-0.3, -0.25) is 9.47 Å². The maximum absolute atomic E-state index is 13.2. The fourth-order valence-corrected chi connectivity index (χ4v) is 5.10. The molecule has 31 heavy (non-hydrogen) atoms. The number of thiophene rings is 1. The predicted octanol–water partition coefficient (Wildman–Crippen LogP) is 2.55. The fourth-order valence-electron chi connectivity index (χ4n) is 3.92. The largest absolute Gasteiger partial charge is 0.497 e. The minimum absolute atomic E-state index is 0. The molecule has 0 bridgehead atoms. The van der Waals surface area contributed by atoms with Gasteiger partial charge in [-0.05, 0) is 30.8 Å². The number of likely N-dealkylation sites (N-methyl/N-ethyl adjacent to an activating group) is 1. The van der Waals surface area contributed by atoms with E-state index in [4.69, 9.17) is 4.74 Å². The van der Waals surface area contributed by atoms with E-state index < -0.39 is 0 Å². The SMILES string of the molecule is C.COc1ccc(Cn2c(=O)n3ncnc3c3cc(CN4CCN(C)CC4)sc32)cc1. The number of nitrogens with zero attached hydrogens (tertiary/aromatic N) is 6. The minimum Gasteiger partial charge on any atom is -0.497 e. The number of rotatable bonds is 5. The Kier molecular flexibility index (Phi) is 6.08. The molecular formula is C22H28N6O2S. The van der Waals surface area contributed by atoms with Gasteiger partial charge in [0.15, 0.2) is 5.65 Å². The van der Waals surface area contributed by atoms with E-state index in [1.165, 1.54) is 15.7 Å². The molecule has 5 rings (SSSR count). The number of piperazine rings is 1. The average molecular weight is 441 g/mol. The van der Waals surface area contributed by atoms with Gasteiger partial charge in [-0.25, -0.2) is 9.78 Å². The molecule has 1 aliphatic rings. The zero-order valence-electron chi connectivity index (χ0n) is 17.1. The smallest absolute Gasteiger partial charge is 0.352 e. The van der Waals surface area contributed by atoms with E-state index in [2.05, 4.69) is 33.0 Å². The predicted molar refractivity (Wildman–Crippen MR) is 124 cm³/mol. The van der Waals surface area contributed by atoms with Crippen molar-refractivity contribution in [1.82, 2.24) is 29.0 Å². The maximum atomic E-state index is 13.2. The van der Waals surface area contributed by atoms with Crippen molar-refractivity contribution in [3.05, 3.63) is 57.6 Å². The molecule has 1 aromatic carbocycles. The van der Waals surface area contributed by atoms with Crippen LogP contribution in [0.1, 0.15) is 17.9 Å². The van der Waals surface area contributed by atoms with Crippen LogP contribution >= 0.6 is 11.3 Å². The van der Waals surface area contributed by atoms with Crippen LogP contribution in [0.25, 0.3) is 15.9 Å². The van der Waals surface area contributed by atoms with Crippen molar-refractivity contribution in [2.75, 3.05) is 40.3 Å². The summed E-state index contributed by atoms with van der Waals surface area (Å²) in [7, 11) is 3.81. The number of ether oxygens (including phenoxy) is 1. The molecule has 0 saturated carbocycles. The summed E-state index contributed by atoms with van der Waals surface area (Å²) in [6, 6.07) is 9.98. The molecule has 164 valence electrons. The van der Waals surface area contributed by atoms with Gasteiger partial charge >= 0.3 is 5.69 Å². The zero-order valence-corrected chi connectivity index (χ0v) is 17.9. The summed E-state index contributed by atoms with van der Waals surface area (Å²) in [5, 5.41) is 5.15. The van der Waals surface area contributed by atoms with Gasteiger partial charge in [0.2, 0.25) is 0 Å². The van der Waals surface area contributed by atoms with Crippen LogP contribution in [-0.4, -0.2) is 69.3 Å². The molecule has 0 aliphatic carbocycles.